The van der Waals surface area contributed by atoms with Crippen LogP contribution in [0.15, 0.2) is 28.0 Å². The molecule has 2 aromatic rings. The van der Waals surface area contributed by atoms with Gasteiger partial charge in [-0.15, -0.1) is 0 Å². The van der Waals surface area contributed by atoms with Crippen LogP contribution >= 0.6 is 24.0 Å². The number of carboxylic acids is 1. The number of hydrogen-bond acceptors (Lipinski definition) is 8. The summed E-state index contributed by atoms with van der Waals surface area (Å²) in [5.74, 6) is -1.94. The zero-order chi connectivity index (χ0) is 23.9. The van der Waals surface area contributed by atoms with Crippen molar-refractivity contribution in [3.63, 3.8) is 0 Å². The van der Waals surface area contributed by atoms with Crippen molar-refractivity contribution in [2.45, 2.75) is 19.8 Å². The molecule has 0 unspecified atom stereocenters. The first kappa shape index (κ1) is 22.9. The van der Waals surface area contributed by atoms with Gasteiger partial charge in [0.25, 0.3) is 11.5 Å². The minimum Gasteiger partial charge on any atom is -0.480 e. The number of nitrogens with zero attached hydrogens (tertiary/aromatic N) is 4. The van der Waals surface area contributed by atoms with E-state index in [1.165, 1.54) is 10.5 Å². The normalized spacial score (nSPS) is 18.5. The highest BCUT2D eigenvalue weighted by molar-refractivity contribution is 8.26. The van der Waals surface area contributed by atoms with Crippen LogP contribution in [-0.4, -0.2) is 61.1 Å². The second-order valence-electron chi connectivity index (χ2n) is 7.86. The van der Waals surface area contributed by atoms with Crippen molar-refractivity contribution in [2.75, 3.05) is 24.5 Å². The molecule has 0 atom stereocenters. The van der Waals surface area contributed by atoms with E-state index < -0.39 is 18.4 Å². The first-order chi connectivity index (χ1) is 15.7. The van der Waals surface area contributed by atoms with Gasteiger partial charge >= 0.3 is 5.97 Å². The van der Waals surface area contributed by atoms with Gasteiger partial charge in [0.2, 0.25) is 5.91 Å². The van der Waals surface area contributed by atoms with Gasteiger partial charge in [0.1, 0.15) is 22.3 Å². The molecule has 0 radical (unpaired) electrons. The van der Waals surface area contributed by atoms with Gasteiger partial charge in [0.15, 0.2) is 0 Å². The zero-order valence-corrected chi connectivity index (χ0v) is 19.3. The van der Waals surface area contributed by atoms with Gasteiger partial charge in [-0.25, -0.2) is 4.98 Å². The van der Waals surface area contributed by atoms with E-state index in [-0.39, 0.29) is 32.2 Å². The van der Waals surface area contributed by atoms with E-state index in [1.807, 2.05) is 17.9 Å². The number of primary amides is 1. The molecular weight excluding hydrogens is 466 g/mol. The summed E-state index contributed by atoms with van der Waals surface area (Å²) in [7, 11) is 0. The summed E-state index contributed by atoms with van der Waals surface area (Å²) in [6, 6.07) is 3.58. The fraction of sp³-hybridized carbons (Fsp3) is 0.333. The molecule has 12 heteroatoms. The number of aromatic nitrogens is 2. The lowest BCUT2D eigenvalue weighted by Crippen LogP contribution is -2.40. The largest absolute Gasteiger partial charge is 0.480 e. The average molecular weight is 488 g/mol. The molecule has 2 amide bonds. The molecule has 0 aliphatic carbocycles. The summed E-state index contributed by atoms with van der Waals surface area (Å²) in [6.45, 7) is 2.25. The predicted octanol–water partition coefficient (Wildman–Crippen LogP) is 0.990. The molecule has 0 spiro atoms. The van der Waals surface area contributed by atoms with Crippen LogP contribution in [0.3, 0.4) is 0 Å². The molecule has 2 aromatic heterocycles. The molecule has 2 aliphatic heterocycles. The van der Waals surface area contributed by atoms with Crippen LogP contribution < -0.4 is 16.2 Å². The van der Waals surface area contributed by atoms with E-state index in [9.17, 15) is 19.2 Å². The Kier molecular flexibility index (Phi) is 6.21. The lowest BCUT2D eigenvalue weighted by Gasteiger charge is -2.32. The number of pyridine rings is 1. The highest BCUT2D eigenvalue weighted by Crippen LogP contribution is 2.34. The van der Waals surface area contributed by atoms with Gasteiger partial charge in [0, 0.05) is 25.2 Å². The van der Waals surface area contributed by atoms with E-state index in [0.29, 0.717) is 37.4 Å². The molecule has 2 saturated heterocycles. The molecule has 33 heavy (non-hydrogen) atoms. The van der Waals surface area contributed by atoms with Crippen LogP contribution in [-0.2, 0) is 14.4 Å². The number of rotatable bonds is 5. The summed E-state index contributed by atoms with van der Waals surface area (Å²) in [4.78, 5) is 56.7. The number of fused-ring (bicyclic) bond motifs is 1. The molecule has 0 bridgehead atoms. The van der Waals surface area contributed by atoms with E-state index in [1.54, 1.807) is 12.3 Å². The van der Waals surface area contributed by atoms with Crippen molar-refractivity contribution in [1.29, 1.82) is 0 Å². The molecule has 2 aliphatic rings. The van der Waals surface area contributed by atoms with Gasteiger partial charge < -0.3 is 15.7 Å². The minimum atomic E-state index is -1.19. The maximum atomic E-state index is 13.5. The quantitative estimate of drug-likeness (QED) is 0.467. The van der Waals surface area contributed by atoms with E-state index in [4.69, 9.17) is 28.0 Å². The van der Waals surface area contributed by atoms with Crippen LogP contribution in [0.4, 0.5) is 5.82 Å². The highest BCUT2D eigenvalue weighted by Gasteiger charge is 2.34. The molecule has 0 aromatic carbocycles. The molecular formula is C21H21N5O5S2. The van der Waals surface area contributed by atoms with Gasteiger partial charge in [0.05, 0.1) is 10.5 Å². The van der Waals surface area contributed by atoms with E-state index >= 15 is 0 Å². The summed E-state index contributed by atoms with van der Waals surface area (Å²) < 4.78 is 1.53. The number of carbonyl (C=O) groups is 3. The molecule has 172 valence electrons. The summed E-state index contributed by atoms with van der Waals surface area (Å²) in [5.41, 5.74) is 6.59. The number of amides is 2. The Morgan fingerprint density at radius 2 is 2.03 bits per heavy atom. The molecule has 2 fully saturated rings. The lowest BCUT2D eigenvalue weighted by molar-refractivity contribution is -0.140. The third kappa shape index (κ3) is 4.35. The first-order valence-electron chi connectivity index (χ1n) is 10.2. The second kappa shape index (κ2) is 8.94. The second-order valence-corrected chi connectivity index (χ2v) is 9.54. The van der Waals surface area contributed by atoms with Crippen molar-refractivity contribution in [1.82, 2.24) is 14.3 Å². The number of piperidine rings is 1. The Morgan fingerprint density at radius 1 is 1.33 bits per heavy atom. The van der Waals surface area contributed by atoms with Crippen molar-refractivity contribution >= 4 is 63.6 Å². The molecule has 4 heterocycles. The Hall–Kier alpha value is -3.25. The van der Waals surface area contributed by atoms with Gasteiger partial charge in [-0.2, -0.15) is 0 Å². The Bertz CT molecular complexity index is 1280. The maximum absolute atomic E-state index is 13.5. The minimum absolute atomic E-state index is 0.113. The average Bonchev–Trinajstić information content (AvgIpc) is 3.03. The number of thioether (sulfide) groups is 1. The van der Waals surface area contributed by atoms with Gasteiger partial charge in [-0.05, 0) is 37.5 Å². The zero-order valence-electron chi connectivity index (χ0n) is 17.7. The van der Waals surface area contributed by atoms with Crippen LogP contribution in [0.2, 0.25) is 0 Å². The summed E-state index contributed by atoms with van der Waals surface area (Å²) >= 11 is 6.11. The number of carboxylic acid groups (broad SMARTS) is 1. The van der Waals surface area contributed by atoms with Crippen LogP contribution in [0.1, 0.15) is 24.0 Å². The first-order valence-corrected chi connectivity index (χ1v) is 11.4. The molecule has 3 N–H and O–H groups in total. The number of aliphatic carboxylic acids is 1. The lowest BCUT2D eigenvalue weighted by atomic mass is 9.96. The third-order valence-electron chi connectivity index (χ3n) is 5.70. The standard InChI is InChI=1S/C21H21N5O5S2/c1-11-3-2-6-25-17(11)23-18(24-7-4-12(5-8-24)16(22)29)13(19(25)30)9-14-20(31)26(10-15(27)28)21(32)33-14/h2-3,6,9,12H,4-5,7-8,10H2,1H3,(H2,22,29)(H,27,28)/b14-9-. The maximum Gasteiger partial charge on any atom is 0.323 e. The fourth-order valence-electron chi connectivity index (χ4n) is 3.95. The summed E-state index contributed by atoms with van der Waals surface area (Å²) in [6.07, 6.45) is 4.10. The SMILES string of the molecule is Cc1cccn2c(=O)c(/C=C3\SC(=S)N(CC(=O)O)C3=O)c(N3CCC(C(N)=O)CC3)nc12. The number of hydrogen-bond donors (Lipinski definition) is 2. The number of carbonyl (C=O) groups excluding carboxylic acids is 2. The van der Waals surface area contributed by atoms with Gasteiger partial charge in [-0.3, -0.25) is 28.5 Å². The van der Waals surface area contributed by atoms with Crippen LogP contribution in [0, 0.1) is 12.8 Å². The smallest absolute Gasteiger partial charge is 0.323 e. The van der Waals surface area contributed by atoms with E-state index in [2.05, 4.69) is 0 Å². The number of nitrogens with two attached hydrogens (primary N) is 1. The number of aryl methyl sites for hydroxylation is 1. The number of thiocarbonyl (C=S) groups is 1. The summed E-state index contributed by atoms with van der Waals surface area (Å²) in [5, 5.41) is 9.06. The molecule has 10 nitrogen and oxygen atoms in total. The fourth-order valence-corrected chi connectivity index (χ4v) is 5.18. The highest BCUT2D eigenvalue weighted by atomic mass is 32.2. The Balaban J connectivity index is 1.82. The van der Waals surface area contributed by atoms with E-state index in [0.717, 1.165) is 22.2 Å². The predicted molar refractivity (Wildman–Crippen MR) is 128 cm³/mol. The molecule has 0 saturated carbocycles. The topological polar surface area (TPSA) is 138 Å². The third-order valence-corrected chi connectivity index (χ3v) is 7.08. The van der Waals surface area contributed by atoms with Crippen LogP contribution in [0.5, 0.6) is 0 Å². The monoisotopic (exact) mass is 487 g/mol. The van der Waals surface area contributed by atoms with Crippen molar-refractivity contribution in [3.8, 4) is 0 Å². The Morgan fingerprint density at radius 3 is 2.67 bits per heavy atom. The van der Waals surface area contributed by atoms with Crippen molar-refractivity contribution in [3.05, 3.63) is 44.7 Å². The van der Waals surface area contributed by atoms with Crippen molar-refractivity contribution in [2.24, 2.45) is 11.7 Å². The Labute approximate surface area is 198 Å². The number of anilines is 1. The van der Waals surface area contributed by atoms with Crippen molar-refractivity contribution < 1.29 is 19.5 Å². The molecule has 4 rings (SSSR count). The van der Waals surface area contributed by atoms with Crippen LogP contribution in [0.25, 0.3) is 11.7 Å². The van der Waals surface area contributed by atoms with Gasteiger partial charge in [-0.1, -0.05) is 30.0 Å².